The van der Waals surface area contributed by atoms with Crippen molar-refractivity contribution in [2.24, 2.45) is 0 Å². The molecule has 0 aliphatic carbocycles. The van der Waals surface area contributed by atoms with Gasteiger partial charge in [-0.05, 0) is 35.9 Å². The van der Waals surface area contributed by atoms with Gasteiger partial charge in [0.15, 0.2) is 0 Å². The van der Waals surface area contributed by atoms with Crippen molar-refractivity contribution in [2.75, 3.05) is 54.6 Å². The molecule has 186 valence electrons. The average molecular weight is 477 g/mol. The van der Waals surface area contributed by atoms with Crippen LogP contribution in [-0.4, -0.2) is 86.6 Å². The van der Waals surface area contributed by atoms with Crippen LogP contribution in [0.2, 0.25) is 0 Å². The van der Waals surface area contributed by atoms with Gasteiger partial charge in [0.25, 0.3) is 0 Å². The fourth-order valence-corrected chi connectivity index (χ4v) is 3.57. The Morgan fingerprint density at radius 1 is 0.706 bits per heavy atom. The first-order valence-corrected chi connectivity index (χ1v) is 10.6. The Bertz CT molecular complexity index is 924. The molecule has 1 heterocycles. The molecule has 2 N–H and O–H groups in total. The summed E-state index contributed by atoms with van der Waals surface area (Å²) < 4.78 is 21.6. The summed E-state index contributed by atoms with van der Waals surface area (Å²) in [7, 11) is 6.78. The molecule has 1 saturated heterocycles. The van der Waals surface area contributed by atoms with Crippen LogP contribution in [0.1, 0.15) is 11.1 Å². The second-order valence-corrected chi connectivity index (χ2v) is 7.56. The number of ether oxygens (including phenoxy) is 4. The van der Waals surface area contributed by atoms with Crippen molar-refractivity contribution >= 4 is 11.9 Å². The van der Waals surface area contributed by atoms with Gasteiger partial charge < -0.3 is 29.2 Å². The molecular weight excluding hydrogens is 444 g/mol. The first kappa shape index (κ1) is 26.7. The normalized spacial score (nSPS) is 13.9. The van der Waals surface area contributed by atoms with Gasteiger partial charge >= 0.3 is 11.9 Å². The second kappa shape index (κ2) is 13.3. The third-order valence-electron chi connectivity index (χ3n) is 5.35. The minimum atomic E-state index is -1.82. The lowest BCUT2D eigenvalue weighted by Crippen LogP contribution is -2.45. The Labute approximate surface area is 199 Å². The first-order valence-electron chi connectivity index (χ1n) is 10.6. The van der Waals surface area contributed by atoms with Gasteiger partial charge in [0.05, 0.1) is 28.4 Å². The quantitative estimate of drug-likeness (QED) is 0.549. The van der Waals surface area contributed by atoms with E-state index in [9.17, 15) is 0 Å². The number of rotatable bonds is 8. The van der Waals surface area contributed by atoms with Gasteiger partial charge in [-0.15, -0.1) is 0 Å². The van der Waals surface area contributed by atoms with Crippen LogP contribution >= 0.6 is 0 Å². The Morgan fingerprint density at radius 3 is 1.65 bits per heavy atom. The molecule has 0 aromatic heterocycles. The fraction of sp³-hybridized carbons (Fsp3) is 0.417. The predicted molar refractivity (Wildman–Crippen MR) is 125 cm³/mol. The number of benzene rings is 2. The summed E-state index contributed by atoms with van der Waals surface area (Å²) in [6.45, 7) is 5.83. The highest BCUT2D eigenvalue weighted by atomic mass is 16.5. The summed E-state index contributed by atoms with van der Waals surface area (Å²) in [4.78, 5) is 23.1. The highest BCUT2D eigenvalue weighted by molar-refractivity contribution is 6.27. The van der Waals surface area contributed by atoms with E-state index in [1.54, 1.807) is 28.4 Å². The lowest BCUT2D eigenvalue weighted by molar-refractivity contribution is -0.159. The van der Waals surface area contributed by atoms with Crippen LogP contribution in [0.3, 0.4) is 0 Å². The number of piperazine rings is 1. The third kappa shape index (κ3) is 8.13. The van der Waals surface area contributed by atoms with Crippen molar-refractivity contribution in [1.82, 2.24) is 9.80 Å². The lowest BCUT2D eigenvalue weighted by atomic mass is 10.1. The zero-order valence-corrected chi connectivity index (χ0v) is 19.9. The van der Waals surface area contributed by atoms with E-state index in [0.29, 0.717) is 0 Å². The zero-order chi connectivity index (χ0) is 25.1. The van der Waals surface area contributed by atoms with Crippen molar-refractivity contribution in [2.45, 2.75) is 13.1 Å². The average Bonchev–Trinajstić information content (AvgIpc) is 2.85. The van der Waals surface area contributed by atoms with Crippen LogP contribution in [0.5, 0.6) is 23.0 Å². The lowest BCUT2D eigenvalue weighted by Gasteiger charge is -2.35. The van der Waals surface area contributed by atoms with Gasteiger partial charge in [0.1, 0.15) is 23.0 Å². The van der Waals surface area contributed by atoms with E-state index in [2.05, 4.69) is 28.0 Å². The molecule has 3 rings (SSSR count). The van der Waals surface area contributed by atoms with E-state index in [1.807, 2.05) is 18.2 Å². The number of carboxylic acid groups (broad SMARTS) is 2. The molecule has 0 atom stereocenters. The minimum Gasteiger partial charge on any atom is -0.497 e. The number of nitrogens with zero attached hydrogens (tertiary/aromatic N) is 2. The van der Waals surface area contributed by atoms with Gasteiger partial charge in [-0.3, -0.25) is 9.80 Å². The van der Waals surface area contributed by atoms with Crippen molar-refractivity contribution in [3.05, 3.63) is 47.5 Å². The molecular formula is C24H32N2O8. The van der Waals surface area contributed by atoms with E-state index in [0.717, 1.165) is 67.8 Å². The maximum absolute atomic E-state index is 9.10. The van der Waals surface area contributed by atoms with Crippen LogP contribution < -0.4 is 18.9 Å². The standard InChI is InChI=1S/C22H30N2O4.C2H2O4/c1-25-19-5-6-22(28-4)18(13-19)16-24-9-7-23(8-10-24)15-17-11-20(26-2)14-21(12-17)27-3;3-1(4)2(5)6/h5-6,11-14H,7-10,15-16H2,1-4H3;(H,3,4)(H,5,6). The zero-order valence-electron chi connectivity index (χ0n) is 19.9. The third-order valence-corrected chi connectivity index (χ3v) is 5.35. The number of carboxylic acids is 2. The van der Waals surface area contributed by atoms with E-state index in [-0.39, 0.29) is 0 Å². The molecule has 2 aromatic carbocycles. The number of aliphatic carboxylic acids is 2. The predicted octanol–water partition coefficient (Wildman–Crippen LogP) is 2.19. The van der Waals surface area contributed by atoms with Gasteiger partial charge in [-0.25, -0.2) is 9.59 Å². The van der Waals surface area contributed by atoms with E-state index in [1.165, 1.54) is 5.56 Å². The largest absolute Gasteiger partial charge is 0.497 e. The Balaban J connectivity index is 0.000000604. The second-order valence-electron chi connectivity index (χ2n) is 7.56. The molecule has 2 aromatic rings. The monoisotopic (exact) mass is 476 g/mol. The van der Waals surface area contributed by atoms with Crippen LogP contribution in [0.15, 0.2) is 36.4 Å². The molecule has 1 fully saturated rings. The van der Waals surface area contributed by atoms with Crippen molar-refractivity contribution in [1.29, 1.82) is 0 Å². The van der Waals surface area contributed by atoms with E-state index < -0.39 is 11.9 Å². The molecule has 34 heavy (non-hydrogen) atoms. The van der Waals surface area contributed by atoms with E-state index >= 15 is 0 Å². The van der Waals surface area contributed by atoms with Crippen molar-refractivity contribution in [3.8, 4) is 23.0 Å². The molecule has 0 radical (unpaired) electrons. The molecule has 1 aliphatic rings. The van der Waals surface area contributed by atoms with Crippen molar-refractivity contribution in [3.63, 3.8) is 0 Å². The minimum absolute atomic E-state index is 0.832. The van der Waals surface area contributed by atoms with Crippen molar-refractivity contribution < 1.29 is 38.7 Å². The first-order chi connectivity index (χ1) is 16.3. The number of hydrogen-bond acceptors (Lipinski definition) is 8. The molecule has 1 aliphatic heterocycles. The number of methoxy groups -OCH3 is 4. The summed E-state index contributed by atoms with van der Waals surface area (Å²) in [5.74, 6) is -0.214. The Hall–Kier alpha value is -3.50. The molecule has 0 unspecified atom stereocenters. The van der Waals surface area contributed by atoms with Gasteiger partial charge in [0, 0.05) is 50.9 Å². The van der Waals surface area contributed by atoms with Gasteiger partial charge in [-0.1, -0.05) is 0 Å². The molecule has 10 heteroatoms. The fourth-order valence-electron chi connectivity index (χ4n) is 3.57. The molecule has 10 nitrogen and oxygen atoms in total. The summed E-state index contributed by atoms with van der Waals surface area (Å²) in [5, 5.41) is 14.8. The Morgan fingerprint density at radius 2 is 1.21 bits per heavy atom. The van der Waals surface area contributed by atoms with Crippen LogP contribution in [0, 0.1) is 0 Å². The number of hydrogen-bond donors (Lipinski definition) is 2. The number of carbonyl (C=O) groups is 2. The maximum Gasteiger partial charge on any atom is 0.414 e. The van der Waals surface area contributed by atoms with Gasteiger partial charge in [-0.2, -0.15) is 0 Å². The highest BCUT2D eigenvalue weighted by Gasteiger charge is 2.19. The molecule has 0 saturated carbocycles. The Kier molecular flexibility index (Phi) is 10.4. The highest BCUT2D eigenvalue weighted by Crippen LogP contribution is 2.26. The molecule has 0 bridgehead atoms. The SMILES string of the molecule is COc1cc(CN2CCN(Cc3cc(OC)ccc3OC)CC2)cc(OC)c1.O=C(O)C(=O)O. The summed E-state index contributed by atoms with van der Waals surface area (Å²) in [5.41, 5.74) is 2.37. The molecule has 0 spiro atoms. The van der Waals surface area contributed by atoms with Gasteiger partial charge in [0.2, 0.25) is 0 Å². The summed E-state index contributed by atoms with van der Waals surface area (Å²) in [6, 6.07) is 12.0. The smallest absolute Gasteiger partial charge is 0.414 e. The molecule has 0 amide bonds. The topological polar surface area (TPSA) is 118 Å². The summed E-state index contributed by atoms with van der Waals surface area (Å²) >= 11 is 0. The van der Waals surface area contributed by atoms with Crippen LogP contribution in [0.4, 0.5) is 0 Å². The van der Waals surface area contributed by atoms with Crippen LogP contribution in [-0.2, 0) is 22.7 Å². The maximum atomic E-state index is 9.10. The summed E-state index contributed by atoms with van der Waals surface area (Å²) in [6.07, 6.45) is 0. The van der Waals surface area contributed by atoms with Crippen LogP contribution in [0.25, 0.3) is 0 Å². The van der Waals surface area contributed by atoms with E-state index in [4.69, 9.17) is 38.7 Å².